The van der Waals surface area contributed by atoms with Crippen molar-refractivity contribution in [3.05, 3.63) is 12.2 Å². The number of hydrogen-bond donors (Lipinski definition) is 0. The summed E-state index contributed by atoms with van der Waals surface area (Å²) in [6.07, 6.45) is 8.85. The van der Waals surface area contributed by atoms with Gasteiger partial charge >= 0.3 is 0 Å². The number of fused-ring (bicyclic) bond motifs is 1. The Kier molecular flexibility index (Phi) is 3.77. The van der Waals surface area contributed by atoms with E-state index in [-0.39, 0.29) is 0 Å². The first-order valence-corrected chi connectivity index (χ1v) is 7.23. The van der Waals surface area contributed by atoms with E-state index in [0.717, 1.165) is 29.6 Å². The molecule has 2 aliphatic carbocycles. The van der Waals surface area contributed by atoms with Crippen LogP contribution < -0.4 is 0 Å². The average Bonchev–Trinajstić information content (AvgIpc) is 2.27. The second-order valence-electron chi connectivity index (χ2n) is 6.69. The summed E-state index contributed by atoms with van der Waals surface area (Å²) in [6.45, 7) is 11.2. The summed E-state index contributed by atoms with van der Waals surface area (Å²) in [5.74, 6) is 4.85. The number of rotatable bonds is 2. The van der Waals surface area contributed by atoms with E-state index in [9.17, 15) is 0 Å². The summed E-state index contributed by atoms with van der Waals surface area (Å²) in [6, 6.07) is 0. The minimum atomic E-state index is 0.844. The molecule has 0 bridgehead atoms. The molecule has 2 aliphatic rings. The second kappa shape index (κ2) is 4.94. The van der Waals surface area contributed by atoms with Crippen LogP contribution in [0, 0.1) is 29.6 Å². The van der Waals surface area contributed by atoms with E-state index in [2.05, 4.69) is 27.4 Å². The number of allylic oxidation sites excluding steroid dienone is 1. The molecule has 92 valence electrons. The van der Waals surface area contributed by atoms with Gasteiger partial charge in [-0.2, -0.15) is 0 Å². The van der Waals surface area contributed by atoms with E-state index in [1.807, 2.05) is 0 Å². The Bertz CT molecular complexity index is 251. The van der Waals surface area contributed by atoms with E-state index < -0.39 is 0 Å². The molecule has 4 atom stereocenters. The van der Waals surface area contributed by atoms with Gasteiger partial charge in [-0.15, -0.1) is 0 Å². The predicted octanol–water partition coefficient (Wildman–Crippen LogP) is 5.05. The van der Waals surface area contributed by atoms with Gasteiger partial charge in [0.1, 0.15) is 0 Å². The molecule has 0 aromatic rings. The van der Waals surface area contributed by atoms with Crippen LogP contribution >= 0.6 is 0 Å². The van der Waals surface area contributed by atoms with Gasteiger partial charge in [0.2, 0.25) is 0 Å². The van der Waals surface area contributed by atoms with Crippen molar-refractivity contribution in [2.24, 2.45) is 29.6 Å². The minimum absolute atomic E-state index is 0.844. The second-order valence-corrected chi connectivity index (χ2v) is 6.69. The van der Waals surface area contributed by atoms with Crippen molar-refractivity contribution >= 4 is 0 Å². The van der Waals surface area contributed by atoms with Crippen molar-refractivity contribution in [1.29, 1.82) is 0 Å². The van der Waals surface area contributed by atoms with Crippen molar-refractivity contribution in [3.63, 3.8) is 0 Å². The Hall–Kier alpha value is -0.260. The van der Waals surface area contributed by atoms with E-state index in [0.29, 0.717) is 0 Å². The quantitative estimate of drug-likeness (QED) is 0.571. The van der Waals surface area contributed by atoms with Crippen LogP contribution in [0.4, 0.5) is 0 Å². The molecule has 0 aromatic heterocycles. The minimum Gasteiger partial charge on any atom is -0.0999 e. The largest absolute Gasteiger partial charge is 0.0999 e. The van der Waals surface area contributed by atoms with Crippen LogP contribution in [0.5, 0.6) is 0 Å². The van der Waals surface area contributed by atoms with Crippen LogP contribution in [-0.2, 0) is 0 Å². The molecule has 0 aromatic carbocycles. The first-order chi connectivity index (χ1) is 7.58. The molecule has 0 radical (unpaired) electrons. The fourth-order valence-electron chi connectivity index (χ4n) is 3.98. The molecule has 0 nitrogen and oxygen atoms in total. The first-order valence-electron chi connectivity index (χ1n) is 7.23. The summed E-state index contributed by atoms with van der Waals surface area (Å²) >= 11 is 0. The zero-order chi connectivity index (χ0) is 11.7. The lowest BCUT2D eigenvalue weighted by molar-refractivity contribution is 0.0904. The molecule has 4 unspecified atom stereocenters. The Balaban J connectivity index is 1.92. The molecule has 0 heteroatoms. The summed E-state index contributed by atoms with van der Waals surface area (Å²) in [4.78, 5) is 0. The van der Waals surface area contributed by atoms with Gasteiger partial charge in [0, 0.05) is 0 Å². The van der Waals surface area contributed by atoms with Gasteiger partial charge in [0.05, 0.1) is 0 Å². The molecule has 0 spiro atoms. The molecule has 2 fully saturated rings. The zero-order valence-corrected chi connectivity index (χ0v) is 11.3. The lowest BCUT2D eigenvalue weighted by Gasteiger charge is -2.43. The fraction of sp³-hybridized carbons (Fsp3) is 0.875. The summed E-state index contributed by atoms with van der Waals surface area (Å²) in [7, 11) is 0. The topological polar surface area (TPSA) is 0 Å². The molecular weight excluding hydrogens is 192 g/mol. The van der Waals surface area contributed by atoms with Crippen LogP contribution in [0.15, 0.2) is 12.2 Å². The highest BCUT2D eigenvalue weighted by molar-refractivity contribution is 5.00. The summed E-state index contributed by atoms with van der Waals surface area (Å²) in [5.41, 5.74) is 1.43. The molecule has 2 saturated carbocycles. The van der Waals surface area contributed by atoms with Gasteiger partial charge in [-0.25, -0.2) is 0 Å². The Morgan fingerprint density at radius 1 is 1.00 bits per heavy atom. The predicted molar refractivity (Wildman–Crippen MR) is 71.3 cm³/mol. The maximum Gasteiger partial charge on any atom is -0.0206 e. The molecule has 0 saturated heterocycles. The molecule has 0 heterocycles. The Labute approximate surface area is 102 Å². The lowest BCUT2D eigenvalue weighted by atomic mass is 9.62. The summed E-state index contributed by atoms with van der Waals surface area (Å²) in [5, 5.41) is 0. The van der Waals surface area contributed by atoms with Crippen molar-refractivity contribution in [1.82, 2.24) is 0 Å². The Morgan fingerprint density at radius 2 is 1.62 bits per heavy atom. The smallest absolute Gasteiger partial charge is 0.0206 e. The standard InChI is InChI=1S/C16H28/c1-11(2)13-5-7-16-10-14(12(3)4)6-8-15(16)9-13/h12-16H,1,5-10H2,2-4H3. The summed E-state index contributed by atoms with van der Waals surface area (Å²) < 4.78 is 0. The van der Waals surface area contributed by atoms with Crippen LogP contribution in [0.25, 0.3) is 0 Å². The van der Waals surface area contributed by atoms with Crippen molar-refractivity contribution in [2.75, 3.05) is 0 Å². The van der Waals surface area contributed by atoms with Gasteiger partial charge in [-0.3, -0.25) is 0 Å². The zero-order valence-electron chi connectivity index (χ0n) is 11.3. The molecular formula is C16H28. The fourth-order valence-corrected chi connectivity index (χ4v) is 3.98. The number of hydrogen-bond acceptors (Lipinski definition) is 0. The van der Waals surface area contributed by atoms with Gasteiger partial charge in [-0.1, -0.05) is 26.0 Å². The molecule has 0 amide bonds. The third-order valence-electron chi connectivity index (χ3n) is 5.29. The van der Waals surface area contributed by atoms with Crippen LogP contribution in [0.3, 0.4) is 0 Å². The molecule has 16 heavy (non-hydrogen) atoms. The monoisotopic (exact) mass is 220 g/mol. The van der Waals surface area contributed by atoms with E-state index in [1.165, 1.54) is 44.1 Å². The van der Waals surface area contributed by atoms with Crippen LogP contribution in [0.1, 0.15) is 59.3 Å². The lowest BCUT2D eigenvalue weighted by Crippen LogP contribution is -2.32. The highest BCUT2D eigenvalue weighted by Crippen LogP contribution is 2.47. The maximum atomic E-state index is 4.16. The molecule has 0 N–H and O–H groups in total. The third kappa shape index (κ3) is 2.52. The van der Waals surface area contributed by atoms with Gasteiger partial charge in [0.15, 0.2) is 0 Å². The Morgan fingerprint density at radius 3 is 2.25 bits per heavy atom. The molecule has 2 rings (SSSR count). The maximum absolute atomic E-state index is 4.16. The van der Waals surface area contributed by atoms with Gasteiger partial charge < -0.3 is 0 Å². The first kappa shape index (κ1) is 12.2. The van der Waals surface area contributed by atoms with Crippen molar-refractivity contribution in [2.45, 2.75) is 59.3 Å². The third-order valence-corrected chi connectivity index (χ3v) is 5.29. The van der Waals surface area contributed by atoms with Gasteiger partial charge in [0.25, 0.3) is 0 Å². The highest BCUT2D eigenvalue weighted by atomic mass is 14.4. The normalized spacial score (nSPS) is 39.5. The van der Waals surface area contributed by atoms with E-state index in [4.69, 9.17) is 0 Å². The average molecular weight is 220 g/mol. The van der Waals surface area contributed by atoms with Crippen molar-refractivity contribution in [3.8, 4) is 0 Å². The van der Waals surface area contributed by atoms with Crippen LogP contribution in [-0.4, -0.2) is 0 Å². The van der Waals surface area contributed by atoms with Gasteiger partial charge in [-0.05, 0) is 75.0 Å². The SMILES string of the molecule is C=C(C)C1CCC2CC(C(C)C)CCC2C1. The van der Waals surface area contributed by atoms with E-state index in [1.54, 1.807) is 0 Å². The molecule has 0 aliphatic heterocycles. The highest BCUT2D eigenvalue weighted by Gasteiger charge is 2.36. The van der Waals surface area contributed by atoms with Crippen LogP contribution in [0.2, 0.25) is 0 Å². The van der Waals surface area contributed by atoms with Crippen molar-refractivity contribution < 1.29 is 0 Å². The van der Waals surface area contributed by atoms with E-state index >= 15 is 0 Å².